The summed E-state index contributed by atoms with van der Waals surface area (Å²) in [5, 5.41) is 3.58. The molecule has 5 nitrogen and oxygen atoms in total. The third-order valence-corrected chi connectivity index (χ3v) is 4.00. The van der Waals surface area contributed by atoms with Crippen LogP contribution in [0.25, 0.3) is 0 Å². The van der Waals surface area contributed by atoms with Gasteiger partial charge < -0.3 is 10.1 Å². The van der Waals surface area contributed by atoms with Gasteiger partial charge in [-0.1, -0.05) is 11.6 Å². The summed E-state index contributed by atoms with van der Waals surface area (Å²) < 4.78 is 5.18. The number of anilines is 1. The standard InChI is InChI=1S/C11H17ClN4OS/c1-17-9-10(12)14-8-15-11(9)13-2-3-16-4-6-18-7-5-16/h8H,2-7H2,1H3,(H,13,14,15). The number of hydrogen-bond acceptors (Lipinski definition) is 6. The summed E-state index contributed by atoms with van der Waals surface area (Å²) in [6.45, 7) is 4.15. The van der Waals surface area contributed by atoms with E-state index in [1.165, 1.54) is 17.8 Å². The number of hydrogen-bond donors (Lipinski definition) is 1. The van der Waals surface area contributed by atoms with E-state index in [4.69, 9.17) is 16.3 Å². The summed E-state index contributed by atoms with van der Waals surface area (Å²) in [6.07, 6.45) is 1.44. The quantitative estimate of drug-likeness (QED) is 0.831. The predicted octanol–water partition coefficient (Wildman–Crippen LogP) is 1.60. The van der Waals surface area contributed by atoms with Gasteiger partial charge in [-0.2, -0.15) is 11.8 Å². The van der Waals surface area contributed by atoms with Gasteiger partial charge in [0.25, 0.3) is 0 Å². The largest absolute Gasteiger partial charge is 0.490 e. The summed E-state index contributed by atoms with van der Waals surface area (Å²) in [5.74, 6) is 3.61. The molecular formula is C11H17ClN4OS. The summed E-state index contributed by atoms with van der Waals surface area (Å²) in [4.78, 5) is 10.5. The van der Waals surface area contributed by atoms with Crippen molar-refractivity contribution in [3.05, 3.63) is 11.5 Å². The van der Waals surface area contributed by atoms with Crippen LogP contribution in [0.2, 0.25) is 5.15 Å². The first kappa shape index (κ1) is 13.7. The number of methoxy groups -OCH3 is 1. The van der Waals surface area contributed by atoms with Crippen molar-refractivity contribution in [2.75, 3.05) is 50.1 Å². The van der Waals surface area contributed by atoms with Crippen LogP contribution in [-0.2, 0) is 0 Å². The molecule has 0 saturated carbocycles. The molecule has 100 valence electrons. The normalized spacial score (nSPS) is 16.6. The molecule has 1 aromatic rings. The molecule has 0 spiro atoms. The molecular weight excluding hydrogens is 272 g/mol. The maximum atomic E-state index is 5.93. The lowest BCUT2D eigenvalue weighted by Gasteiger charge is -2.26. The monoisotopic (exact) mass is 288 g/mol. The second-order valence-electron chi connectivity index (χ2n) is 3.93. The van der Waals surface area contributed by atoms with Gasteiger partial charge in [-0.3, -0.25) is 4.90 Å². The van der Waals surface area contributed by atoms with Gasteiger partial charge in [0.05, 0.1) is 7.11 Å². The van der Waals surface area contributed by atoms with Gasteiger partial charge in [0.2, 0.25) is 0 Å². The highest BCUT2D eigenvalue weighted by Gasteiger charge is 2.12. The summed E-state index contributed by atoms with van der Waals surface area (Å²) in [6, 6.07) is 0. The lowest BCUT2D eigenvalue weighted by atomic mass is 10.4. The molecule has 7 heteroatoms. The minimum atomic E-state index is 0.337. The molecule has 2 heterocycles. The molecule has 0 aromatic carbocycles. The molecule has 0 amide bonds. The molecule has 1 fully saturated rings. The van der Waals surface area contributed by atoms with Gasteiger partial charge in [0, 0.05) is 37.7 Å². The molecule has 2 rings (SSSR count). The number of ether oxygens (including phenoxy) is 1. The minimum absolute atomic E-state index is 0.337. The van der Waals surface area contributed by atoms with Crippen LogP contribution >= 0.6 is 23.4 Å². The van der Waals surface area contributed by atoms with Crippen LogP contribution in [-0.4, -0.2) is 59.7 Å². The van der Waals surface area contributed by atoms with E-state index in [9.17, 15) is 0 Å². The van der Waals surface area contributed by atoms with E-state index in [2.05, 4.69) is 20.2 Å². The lowest BCUT2D eigenvalue weighted by Crippen LogP contribution is -2.36. The van der Waals surface area contributed by atoms with E-state index in [1.807, 2.05) is 11.8 Å². The topological polar surface area (TPSA) is 50.3 Å². The SMILES string of the molecule is COc1c(Cl)ncnc1NCCN1CCSCC1. The third-order valence-electron chi connectivity index (χ3n) is 2.79. The van der Waals surface area contributed by atoms with Crippen LogP contribution in [0.4, 0.5) is 5.82 Å². The fraction of sp³-hybridized carbons (Fsp3) is 0.636. The first-order valence-corrected chi connectivity index (χ1v) is 7.43. The van der Waals surface area contributed by atoms with Crippen molar-refractivity contribution in [3.8, 4) is 5.75 Å². The van der Waals surface area contributed by atoms with Crippen LogP contribution in [0.15, 0.2) is 6.33 Å². The molecule has 1 saturated heterocycles. The van der Waals surface area contributed by atoms with Gasteiger partial charge in [0.1, 0.15) is 6.33 Å². The number of nitrogens with zero attached hydrogens (tertiary/aromatic N) is 3. The van der Waals surface area contributed by atoms with Crippen LogP contribution in [0.1, 0.15) is 0 Å². The molecule has 0 atom stereocenters. The number of nitrogens with one attached hydrogen (secondary N) is 1. The van der Waals surface area contributed by atoms with Crippen molar-refractivity contribution >= 4 is 29.2 Å². The highest BCUT2D eigenvalue weighted by molar-refractivity contribution is 7.99. The van der Waals surface area contributed by atoms with Gasteiger partial charge in [-0.05, 0) is 0 Å². The van der Waals surface area contributed by atoms with Crippen molar-refractivity contribution < 1.29 is 4.74 Å². The zero-order valence-corrected chi connectivity index (χ0v) is 11.9. The zero-order valence-electron chi connectivity index (χ0n) is 10.4. The average Bonchev–Trinajstić information content (AvgIpc) is 2.40. The summed E-state index contributed by atoms with van der Waals surface area (Å²) >= 11 is 7.94. The van der Waals surface area contributed by atoms with Crippen molar-refractivity contribution in [1.82, 2.24) is 14.9 Å². The Morgan fingerprint density at radius 2 is 2.22 bits per heavy atom. The van der Waals surface area contributed by atoms with Gasteiger partial charge >= 0.3 is 0 Å². The Hall–Kier alpha value is -0.720. The molecule has 1 aliphatic rings. The van der Waals surface area contributed by atoms with E-state index >= 15 is 0 Å². The van der Waals surface area contributed by atoms with Gasteiger partial charge in [-0.15, -0.1) is 0 Å². The lowest BCUT2D eigenvalue weighted by molar-refractivity contribution is 0.314. The number of halogens is 1. The Morgan fingerprint density at radius 1 is 1.44 bits per heavy atom. The Morgan fingerprint density at radius 3 is 2.94 bits per heavy atom. The number of rotatable bonds is 5. The van der Waals surface area contributed by atoms with Crippen LogP contribution in [0.3, 0.4) is 0 Å². The fourth-order valence-electron chi connectivity index (χ4n) is 1.82. The Kier molecular flexibility index (Phi) is 5.34. The highest BCUT2D eigenvalue weighted by atomic mass is 35.5. The maximum absolute atomic E-state index is 5.93. The molecule has 0 bridgehead atoms. The summed E-state index contributed by atoms with van der Waals surface area (Å²) in [7, 11) is 1.57. The molecule has 18 heavy (non-hydrogen) atoms. The second-order valence-corrected chi connectivity index (χ2v) is 5.51. The first-order valence-electron chi connectivity index (χ1n) is 5.89. The molecule has 1 N–H and O–H groups in total. The van der Waals surface area contributed by atoms with E-state index in [0.717, 1.165) is 26.2 Å². The Balaban J connectivity index is 1.84. The van der Waals surface area contributed by atoms with Crippen molar-refractivity contribution in [3.63, 3.8) is 0 Å². The fourth-order valence-corrected chi connectivity index (χ4v) is 3.01. The maximum Gasteiger partial charge on any atom is 0.198 e. The smallest absolute Gasteiger partial charge is 0.198 e. The summed E-state index contributed by atoms with van der Waals surface area (Å²) in [5.41, 5.74) is 0. The zero-order chi connectivity index (χ0) is 12.8. The second kappa shape index (κ2) is 7.01. The van der Waals surface area contributed by atoms with E-state index < -0.39 is 0 Å². The van der Waals surface area contributed by atoms with E-state index in [0.29, 0.717) is 16.7 Å². The average molecular weight is 289 g/mol. The Labute approximate surface area is 116 Å². The van der Waals surface area contributed by atoms with Crippen LogP contribution < -0.4 is 10.1 Å². The van der Waals surface area contributed by atoms with Crippen LogP contribution in [0, 0.1) is 0 Å². The minimum Gasteiger partial charge on any atom is -0.490 e. The third kappa shape index (κ3) is 3.63. The van der Waals surface area contributed by atoms with Crippen molar-refractivity contribution in [1.29, 1.82) is 0 Å². The van der Waals surface area contributed by atoms with Crippen molar-refractivity contribution in [2.24, 2.45) is 0 Å². The molecule has 1 aromatic heterocycles. The number of thioether (sulfide) groups is 1. The highest BCUT2D eigenvalue weighted by Crippen LogP contribution is 2.27. The molecule has 0 aliphatic carbocycles. The first-order chi connectivity index (χ1) is 8.81. The van der Waals surface area contributed by atoms with E-state index in [1.54, 1.807) is 7.11 Å². The predicted molar refractivity (Wildman–Crippen MR) is 75.8 cm³/mol. The molecule has 0 radical (unpaired) electrons. The molecule has 0 unspecified atom stereocenters. The Bertz CT molecular complexity index is 387. The van der Waals surface area contributed by atoms with Crippen LogP contribution in [0.5, 0.6) is 5.75 Å². The molecule has 1 aliphatic heterocycles. The van der Waals surface area contributed by atoms with Gasteiger partial charge in [0.15, 0.2) is 16.7 Å². The van der Waals surface area contributed by atoms with E-state index in [-0.39, 0.29) is 0 Å². The van der Waals surface area contributed by atoms with Crippen molar-refractivity contribution in [2.45, 2.75) is 0 Å². The number of aromatic nitrogens is 2. The van der Waals surface area contributed by atoms with Gasteiger partial charge in [-0.25, -0.2) is 9.97 Å².